The van der Waals surface area contributed by atoms with Crippen molar-refractivity contribution >= 4 is 45.0 Å². The lowest BCUT2D eigenvalue weighted by Gasteiger charge is -2.23. The van der Waals surface area contributed by atoms with Gasteiger partial charge in [0.25, 0.3) is 0 Å². The number of rotatable bonds is 11. The van der Waals surface area contributed by atoms with Crippen LogP contribution in [-0.4, -0.2) is 51.8 Å². The monoisotopic (exact) mass is 462 g/mol. The molecule has 1 saturated carbocycles. The van der Waals surface area contributed by atoms with E-state index >= 15 is 0 Å². The summed E-state index contributed by atoms with van der Waals surface area (Å²) in [5.41, 5.74) is 0.461. The van der Waals surface area contributed by atoms with Gasteiger partial charge in [0, 0.05) is 30.5 Å². The third-order valence-electron chi connectivity index (χ3n) is 4.92. The number of amides is 1. The van der Waals surface area contributed by atoms with Gasteiger partial charge in [-0.05, 0) is 37.5 Å². The number of nitrogens with one attached hydrogen (secondary N) is 1. The van der Waals surface area contributed by atoms with Crippen LogP contribution in [0.5, 0.6) is 5.75 Å². The topological polar surface area (TPSA) is 75.7 Å². The number of carbonyl (C=O) groups excluding carboxylic acids is 1. The van der Waals surface area contributed by atoms with Gasteiger partial charge in [-0.25, -0.2) is 8.42 Å². The van der Waals surface area contributed by atoms with Crippen molar-refractivity contribution in [3.05, 3.63) is 23.2 Å². The van der Waals surface area contributed by atoms with E-state index in [-0.39, 0.29) is 18.9 Å². The van der Waals surface area contributed by atoms with Crippen LogP contribution in [0.1, 0.15) is 44.9 Å². The van der Waals surface area contributed by atoms with E-state index in [9.17, 15) is 13.2 Å². The molecule has 0 bridgehead atoms. The molecule has 164 valence electrons. The first-order valence-corrected chi connectivity index (χ1v) is 13.3. The highest BCUT2D eigenvalue weighted by molar-refractivity contribution is 7.99. The van der Waals surface area contributed by atoms with E-state index in [1.807, 2.05) is 11.8 Å². The van der Waals surface area contributed by atoms with Crippen LogP contribution in [0.15, 0.2) is 18.2 Å². The van der Waals surface area contributed by atoms with Crippen LogP contribution in [0.25, 0.3) is 0 Å². The minimum Gasteiger partial charge on any atom is -0.495 e. The van der Waals surface area contributed by atoms with E-state index < -0.39 is 10.0 Å². The van der Waals surface area contributed by atoms with Gasteiger partial charge >= 0.3 is 0 Å². The number of sulfonamides is 1. The fourth-order valence-electron chi connectivity index (χ4n) is 3.42. The number of thioether (sulfide) groups is 1. The Hall–Kier alpha value is -1.12. The Morgan fingerprint density at radius 2 is 2.03 bits per heavy atom. The standard InChI is InChI=1S/C20H31ClN2O4S2/c1-27-19-11-10-16(15-18(19)21)23(29(2,25)26)13-6-9-20(24)22-12-14-28-17-7-4-3-5-8-17/h10-11,15,17H,3-9,12-14H2,1-2H3,(H,22,24). The molecule has 1 fully saturated rings. The van der Waals surface area contributed by atoms with Gasteiger partial charge in [0.2, 0.25) is 15.9 Å². The maximum absolute atomic E-state index is 12.2. The molecule has 2 rings (SSSR count). The maximum Gasteiger partial charge on any atom is 0.232 e. The Bertz CT molecular complexity index is 768. The molecule has 0 atom stereocenters. The van der Waals surface area contributed by atoms with Crippen LogP contribution >= 0.6 is 23.4 Å². The van der Waals surface area contributed by atoms with Crippen LogP contribution in [0, 0.1) is 0 Å². The summed E-state index contributed by atoms with van der Waals surface area (Å²) in [5, 5.41) is 4.01. The van der Waals surface area contributed by atoms with Gasteiger partial charge in [0.1, 0.15) is 5.75 Å². The van der Waals surface area contributed by atoms with Crippen LogP contribution in [0.4, 0.5) is 5.69 Å². The van der Waals surface area contributed by atoms with Crippen LogP contribution in [-0.2, 0) is 14.8 Å². The smallest absolute Gasteiger partial charge is 0.232 e. The molecule has 1 aromatic rings. The molecule has 1 amide bonds. The summed E-state index contributed by atoms with van der Waals surface area (Å²) in [6.45, 7) is 0.871. The van der Waals surface area contributed by atoms with Crippen molar-refractivity contribution in [2.45, 2.75) is 50.2 Å². The lowest BCUT2D eigenvalue weighted by molar-refractivity contribution is -0.121. The minimum atomic E-state index is -3.49. The van der Waals surface area contributed by atoms with Gasteiger partial charge in [-0.15, -0.1) is 0 Å². The number of benzene rings is 1. The van der Waals surface area contributed by atoms with E-state index in [0.717, 1.165) is 17.3 Å². The molecule has 1 N–H and O–H groups in total. The second-order valence-corrected chi connectivity index (χ2v) is 11.0. The lowest BCUT2D eigenvalue weighted by Crippen LogP contribution is -2.32. The molecule has 9 heteroatoms. The molecule has 0 aliphatic heterocycles. The zero-order chi connectivity index (χ0) is 21.3. The zero-order valence-electron chi connectivity index (χ0n) is 17.2. The number of hydrogen-bond donors (Lipinski definition) is 1. The average Bonchev–Trinajstić information content (AvgIpc) is 2.68. The molecular weight excluding hydrogens is 432 g/mol. The first-order valence-electron chi connectivity index (χ1n) is 10.0. The molecule has 6 nitrogen and oxygen atoms in total. The number of hydrogen-bond acceptors (Lipinski definition) is 5. The van der Waals surface area contributed by atoms with E-state index in [4.69, 9.17) is 16.3 Å². The fourth-order valence-corrected chi connectivity index (χ4v) is 5.85. The Morgan fingerprint density at radius 3 is 2.66 bits per heavy atom. The van der Waals surface area contributed by atoms with Gasteiger partial charge in [0.05, 0.1) is 24.1 Å². The molecular formula is C20H31ClN2O4S2. The molecule has 0 spiro atoms. The normalized spacial score (nSPS) is 15.1. The van der Waals surface area contributed by atoms with Gasteiger partial charge in [-0.3, -0.25) is 9.10 Å². The van der Waals surface area contributed by atoms with E-state index in [0.29, 0.717) is 29.4 Å². The molecule has 1 aliphatic rings. The second kappa shape index (κ2) is 11.9. The molecule has 1 aliphatic carbocycles. The van der Waals surface area contributed by atoms with Crippen LogP contribution in [0.3, 0.4) is 0 Å². The highest BCUT2D eigenvalue weighted by Crippen LogP contribution is 2.30. The number of carbonyl (C=O) groups is 1. The van der Waals surface area contributed by atoms with Crippen molar-refractivity contribution in [2.24, 2.45) is 0 Å². The molecule has 0 unspecified atom stereocenters. The second-order valence-electron chi connectivity index (χ2n) is 7.24. The summed E-state index contributed by atoms with van der Waals surface area (Å²) >= 11 is 8.07. The maximum atomic E-state index is 12.2. The molecule has 1 aromatic carbocycles. The summed E-state index contributed by atoms with van der Waals surface area (Å²) in [6.07, 6.45) is 8.42. The summed E-state index contributed by atoms with van der Waals surface area (Å²) in [6, 6.07) is 4.84. The largest absolute Gasteiger partial charge is 0.495 e. The van der Waals surface area contributed by atoms with E-state index in [1.165, 1.54) is 43.5 Å². The number of anilines is 1. The van der Waals surface area contributed by atoms with Gasteiger partial charge < -0.3 is 10.1 Å². The van der Waals surface area contributed by atoms with Gasteiger partial charge in [-0.1, -0.05) is 30.9 Å². The number of methoxy groups -OCH3 is 1. The lowest BCUT2D eigenvalue weighted by atomic mass is 10.0. The zero-order valence-corrected chi connectivity index (χ0v) is 19.5. The highest BCUT2D eigenvalue weighted by atomic mass is 35.5. The van der Waals surface area contributed by atoms with Crippen molar-refractivity contribution in [2.75, 3.05) is 36.5 Å². The van der Waals surface area contributed by atoms with Crippen LogP contribution < -0.4 is 14.4 Å². The van der Waals surface area contributed by atoms with Crippen LogP contribution in [0.2, 0.25) is 5.02 Å². The van der Waals surface area contributed by atoms with Crippen molar-refractivity contribution in [1.29, 1.82) is 0 Å². The highest BCUT2D eigenvalue weighted by Gasteiger charge is 2.19. The first-order chi connectivity index (χ1) is 13.8. The summed E-state index contributed by atoms with van der Waals surface area (Å²) in [5.74, 6) is 1.36. The Labute approximate surface area is 183 Å². The average molecular weight is 463 g/mol. The molecule has 0 saturated heterocycles. The predicted molar refractivity (Wildman–Crippen MR) is 122 cm³/mol. The van der Waals surface area contributed by atoms with Crippen molar-refractivity contribution < 1.29 is 17.9 Å². The Morgan fingerprint density at radius 1 is 1.31 bits per heavy atom. The summed E-state index contributed by atoms with van der Waals surface area (Å²) < 4.78 is 30.7. The van der Waals surface area contributed by atoms with Gasteiger partial charge in [-0.2, -0.15) is 11.8 Å². The Balaban J connectivity index is 1.76. The van der Waals surface area contributed by atoms with E-state index in [2.05, 4.69) is 5.32 Å². The van der Waals surface area contributed by atoms with E-state index in [1.54, 1.807) is 18.2 Å². The molecule has 0 aromatic heterocycles. The predicted octanol–water partition coefficient (Wildman–Crippen LogP) is 4.08. The quantitative estimate of drug-likeness (QED) is 0.501. The Kier molecular flexibility index (Phi) is 9.92. The molecule has 0 heterocycles. The third kappa shape index (κ3) is 8.26. The SMILES string of the molecule is COc1ccc(N(CCCC(=O)NCCSC2CCCCC2)S(C)(=O)=O)cc1Cl. The fraction of sp³-hybridized carbons (Fsp3) is 0.650. The first kappa shape index (κ1) is 24.2. The van der Waals surface area contributed by atoms with Gasteiger partial charge in [0.15, 0.2) is 0 Å². The molecule has 29 heavy (non-hydrogen) atoms. The van der Waals surface area contributed by atoms with Crippen molar-refractivity contribution in [3.8, 4) is 5.75 Å². The number of ether oxygens (including phenoxy) is 1. The summed E-state index contributed by atoms with van der Waals surface area (Å²) in [4.78, 5) is 12.1. The third-order valence-corrected chi connectivity index (χ3v) is 7.79. The van der Waals surface area contributed by atoms with Crippen molar-refractivity contribution in [1.82, 2.24) is 5.32 Å². The number of nitrogens with zero attached hydrogens (tertiary/aromatic N) is 1. The van der Waals surface area contributed by atoms with Crippen molar-refractivity contribution in [3.63, 3.8) is 0 Å². The number of halogens is 1. The minimum absolute atomic E-state index is 0.0459. The summed E-state index contributed by atoms with van der Waals surface area (Å²) in [7, 11) is -1.99. The molecule has 0 radical (unpaired) electrons.